The lowest BCUT2D eigenvalue weighted by Gasteiger charge is -2.20. The molecule has 1 amide bonds. The lowest BCUT2D eigenvalue weighted by atomic mass is 9.87. The van der Waals surface area contributed by atoms with Crippen LogP contribution in [0.25, 0.3) is 0 Å². The smallest absolute Gasteiger partial charge is 0.221 e. The van der Waals surface area contributed by atoms with E-state index in [4.69, 9.17) is 0 Å². The van der Waals surface area contributed by atoms with Crippen molar-refractivity contribution in [2.75, 3.05) is 0 Å². The molecule has 0 aromatic heterocycles. The van der Waals surface area contributed by atoms with Crippen LogP contribution in [-0.2, 0) is 4.79 Å². The second-order valence-electron chi connectivity index (χ2n) is 6.21. The summed E-state index contributed by atoms with van der Waals surface area (Å²) in [5.41, 5.74) is 3.94. The van der Waals surface area contributed by atoms with Crippen LogP contribution in [0.4, 0.5) is 0 Å². The summed E-state index contributed by atoms with van der Waals surface area (Å²) >= 11 is 0. The molecule has 2 atom stereocenters. The first-order valence-corrected chi connectivity index (χ1v) is 7.75. The minimum absolute atomic E-state index is 0.105. The zero-order valence-corrected chi connectivity index (χ0v) is 12.0. The fourth-order valence-corrected chi connectivity index (χ4v) is 3.40. The normalized spacial score (nSPS) is 24.9. The van der Waals surface area contributed by atoms with Gasteiger partial charge in [0, 0.05) is 12.3 Å². The topological polar surface area (TPSA) is 29.1 Å². The number of carbonyl (C=O) groups is 1. The summed E-state index contributed by atoms with van der Waals surface area (Å²) in [6.45, 7) is 0. The van der Waals surface area contributed by atoms with Crippen molar-refractivity contribution in [3.63, 3.8) is 0 Å². The molecule has 2 aliphatic rings. The van der Waals surface area contributed by atoms with Crippen molar-refractivity contribution < 1.29 is 4.79 Å². The summed E-state index contributed by atoms with van der Waals surface area (Å²) in [6.07, 6.45) is 3.22. The van der Waals surface area contributed by atoms with Crippen molar-refractivity contribution in [2.24, 2.45) is 0 Å². The van der Waals surface area contributed by atoms with E-state index in [1.54, 1.807) is 0 Å². The van der Waals surface area contributed by atoms with Gasteiger partial charge < -0.3 is 5.32 Å². The molecule has 0 spiro atoms. The Labute approximate surface area is 125 Å². The highest BCUT2D eigenvalue weighted by molar-refractivity contribution is 5.80. The highest BCUT2D eigenvalue weighted by atomic mass is 16.2. The molecule has 2 nitrogen and oxygen atoms in total. The summed E-state index contributed by atoms with van der Waals surface area (Å²) in [4.78, 5) is 11.9. The van der Waals surface area contributed by atoms with E-state index in [-0.39, 0.29) is 17.9 Å². The Morgan fingerprint density at radius 3 is 2.33 bits per heavy atom. The van der Waals surface area contributed by atoms with E-state index in [1.165, 1.54) is 29.5 Å². The molecule has 1 N–H and O–H groups in total. The highest BCUT2D eigenvalue weighted by Gasteiger charge is 2.35. The average molecular weight is 277 g/mol. The monoisotopic (exact) mass is 277 g/mol. The molecule has 106 valence electrons. The molecule has 2 unspecified atom stereocenters. The van der Waals surface area contributed by atoms with Gasteiger partial charge in [0.25, 0.3) is 0 Å². The average Bonchev–Trinajstić information content (AvgIpc) is 3.31. The van der Waals surface area contributed by atoms with Crippen LogP contribution in [0, 0.1) is 0 Å². The van der Waals surface area contributed by atoms with Gasteiger partial charge in [0.05, 0.1) is 6.04 Å². The minimum Gasteiger partial charge on any atom is -0.349 e. The maximum Gasteiger partial charge on any atom is 0.221 e. The maximum absolute atomic E-state index is 11.9. The zero-order valence-electron chi connectivity index (χ0n) is 12.0. The summed E-state index contributed by atoms with van der Waals surface area (Å²) in [5.74, 6) is 1.16. The van der Waals surface area contributed by atoms with Crippen molar-refractivity contribution in [3.8, 4) is 0 Å². The number of rotatable bonds is 3. The number of nitrogens with one attached hydrogen (secondary N) is 1. The number of amides is 1. The number of carbonyl (C=O) groups excluding carboxylic acids is 1. The molecular weight excluding hydrogens is 258 g/mol. The standard InChI is InChI=1S/C19H19NO/c21-18-12-17(19(20-18)14-5-2-1-3-6-14)16-8-4-7-15(11-16)13-9-10-13/h1-8,11,13,17,19H,9-10,12H2,(H,20,21). The van der Waals surface area contributed by atoms with E-state index in [9.17, 15) is 4.79 Å². The molecule has 2 aromatic carbocycles. The summed E-state index contributed by atoms with van der Waals surface area (Å²) in [5, 5.41) is 3.14. The van der Waals surface area contributed by atoms with Crippen LogP contribution in [0.3, 0.4) is 0 Å². The molecule has 1 saturated heterocycles. The third kappa shape index (κ3) is 2.46. The van der Waals surface area contributed by atoms with E-state index >= 15 is 0 Å². The Morgan fingerprint density at radius 2 is 1.57 bits per heavy atom. The van der Waals surface area contributed by atoms with Crippen LogP contribution in [0.5, 0.6) is 0 Å². The summed E-state index contributed by atoms with van der Waals surface area (Å²) in [6, 6.07) is 19.3. The van der Waals surface area contributed by atoms with Gasteiger partial charge in [0.1, 0.15) is 0 Å². The van der Waals surface area contributed by atoms with E-state index in [0.717, 1.165) is 5.92 Å². The van der Waals surface area contributed by atoms with E-state index in [2.05, 4.69) is 41.7 Å². The van der Waals surface area contributed by atoms with Gasteiger partial charge in [-0.05, 0) is 35.4 Å². The largest absolute Gasteiger partial charge is 0.349 e. The molecular formula is C19H19NO. The Bertz CT molecular complexity index is 660. The van der Waals surface area contributed by atoms with Crippen molar-refractivity contribution in [3.05, 3.63) is 71.3 Å². The molecule has 21 heavy (non-hydrogen) atoms. The molecule has 1 heterocycles. The van der Waals surface area contributed by atoms with E-state index in [0.29, 0.717) is 6.42 Å². The van der Waals surface area contributed by atoms with Crippen molar-refractivity contribution in [1.82, 2.24) is 5.32 Å². The number of benzene rings is 2. The van der Waals surface area contributed by atoms with Crippen LogP contribution in [0.15, 0.2) is 54.6 Å². The zero-order chi connectivity index (χ0) is 14.2. The summed E-state index contributed by atoms with van der Waals surface area (Å²) in [7, 11) is 0. The van der Waals surface area contributed by atoms with Gasteiger partial charge in [-0.25, -0.2) is 0 Å². The lowest BCUT2D eigenvalue weighted by molar-refractivity contribution is -0.119. The minimum atomic E-state index is 0.105. The predicted molar refractivity (Wildman–Crippen MR) is 83.1 cm³/mol. The van der Waals surface area contributed by atoms with Crippen LogP contribution >= 0.6 is 0 Å². The molecule has 1 saturated carbocycles. The Balaban J connectivity index is 1.68. The van der Waals surface area contributed by atoms with E-state index in [1.807, 2.05) is 18.2 Å². The number of hydrogen-bond acceptors (Lipinski definition) is 1. The fourth-order valence-electron chi connectivity index (χ4n) is 3.40. The molecule has 2 fully saturated rings. The van der Waals surface area contributed by atoms with Gasteiger partial charge in [-0.15, -0.1) is 0 Å². The Kier molecular flexibility index (Phi) is 3.03. The quantitative estimate of drug-likeness (QED) is 0.905. The third-order valence-corrected chi connectivity index (χ3v) is 4.67. The van der Waals surface area contributed by atoms with Crippen LogP contribution in [0.1, 0.15) is 53.8 Å². The van der Waals surface area contributed by atoms with Crippen LogP contribution in [-0.4, -0.2) is 5.91 Å². The third-order valence-electron chi connectivity index (χ3n) is 4.67. The van der Waals surface area contributed by atoms with Gasteiger partial charge in [-0.2, -0.15) is 0 Å². The van der Waals surface area contributed by atoms with Gasteiger partial charge in [-0.3, -0.25) is 4.79 Å². The second kappa shape index (κ2) is 5.03. The molecule has 1 aliphatic carbocycles. The molecule has 4 rings (SSSR count). The van der Waals surface area contributed by atoms with Crippen LogP contribution < -0.4 is 5.32 Å². The van der Waals surface area contributed by atoms with E-state index < -0.39 is 0 Å². The van der Waals surface area contributed by atoms with Gasteiger partial charge in [0.15, 0.2) is 0 Å². The number of hydrogen-bond donors (Lipinski definition) is 1. The molecule has 2 aromatic rings. The van der Waals surface area contributed by atoms with Crippen LogP contribution in [0.2, 0.25) is 0 Å². The van der Waals surface area contributed by atoms with Crippen molar-refractivity contribution in [1.29, 1.82) is 0 Å². The van der Waals surface area contributed by atoms with Crippen molar-refractivity contribution >= 4 is 5.91 Å². The Hall–Kier alpha value is -2.09. The first kappa shape index (κ1) is 12.6. The highest BCUT2D eigenvalue weighted by Crippen LogP contribution is 2.43. The van der Waals surface area contributed by atoms with Crippen molar-refractivity contribution in [2.45, 2.75) is 37.1 Å². The lowest BCUT2D eigenvalue weighted by Crippen LogP contribution is -2.20. The SMILES string of the molecule is O=C1CC(c2cccc(C3CC3)c2)C(c2ccccc2)N1. The first-order valence-electron chi connectivity index (χ1n) is 7.75. The first-order chi connectivity index (χ1) is 10.3. The van der Waals surface area contributed by atoms with Gasteiger partial charge >= 0.3 is 0 Å². The fraction of sp³-hybridized carbons (Fsp3) is 0.316. The molecule has 2 heteroatoms. The molecule has 1 aliphatic heterocycles. The molecule has 0 bridgehead atoms. The second-order valence-corrected chi connectivity index (χ2v) is 6.21. The maximum atomic E-state index is 11.9. The predicted octanol–water partition coefficient (Wildman–Crippen LogP) is 3.91. The summed E-state index contributed by atoms with van der Waals surface area (Å²) < 4.78 is 0. The van der Waals surface area contributed by atoms with Gasteiger partial charge in [0.2, 0.25) is 5.91 Å². The Morgan fingerprint density at radius 1 is 0.857 bits per heavy atom. The van der Waals surface area contributed by atoms with Gasteiger partial charge in [-0.1, -0.05) is 54.6 Å². The molecule has 0 radical (unpaired) electrons.